The van der Waals surface area contributed by atoms with Gasteiger partial charge in [0.25, 0.3) is 17.3 Å². The van der Waals surface area contributed by atoms with Crippen molar-refractivity contribution < 1.29 is 14.6 Å². The fourth-order valence-corrected chi connectivity index (χ4v) is 2.66. The third kappa shape index (κ3) is 2.56. The molecule has 1 aliphatic heterocycles. The zero-order chi connectivity index (χ0) is 15.7. The maximum Gasteiger partial charge on any atom is 0.282 e. The van der Waals surface area contributed by atoms with E-state index < -0.39 is 15.5 Å². The SMILES string of the molecule is Cc1c(C(=O)N2CCCC2)cc([N+](=O)[O-])c(C)c1[N+](=O)[O-]. The number of carbonyl (C=O) groups is 1. The summed E-state index contributed by atoms with van der Waals surface area (Å²) in [6.45, 7) is 3.94. The van der Waals surface area contributed by atoms with Gasteiger partial charge in [0.15, 0.2) is 0 Å². The van der Waals surface area contributed by atoms with Crippen LogP contribution >= 0.6 is 0 Å². The predicted molar refractivity (Wildman–Crippen MR) is 74.4 cm³/mol. The molecular weight excluding hydrogens is 278 g/mol. The Labute approximate surface area is 120 Å². The molecule has 0 unspecified atom stereocenters. The van der Waals surface area contributed by atoms with Gasteiger partial charge in [-0.1, -0.05) is 0 Å². The molecule has 21 heavy (non-hydrogen) atoms. The molecule has 0 aromatic heterocycles. The van der Waals surface area contributed by atoms with Crippen LogP contribution < -0.4 is 0 Å². The molecule has 0 radical (unpaired) electrons. The highest BCUT2D eigenvalue weighted by atomic mass is 16.6. The lowest BCUT2D eigenvalue weighted by molar-refractivity contribution is -0.395. The zero-order valence-electron chi connectivity index (χ0n) is 11.8. The Balaban J connectivity index is 2.62. The number of carbonyl (C=O) groups excluding carboxylic acids is 1. The monoisotopic (exact) mass is 293 g/mol. The van der Waals surface area contributed by atoms with Crippen LogP contribution in [0.25, 0.3) is 0 Å². The molecule has 8 heteroatoms. The number of rotatable bonds is 3. The van der Waals surface area contributed by atoms with Crippen molar-refractivity contribution in [3.63, 3.8) is 0 Å². The summed E-state index contributed by atoms with van der Waals surface area (Å²) >= 11 is 0. The lowest BCUT2D eigenvalue weighted by Gasteiger charge is -2.17. The number of amides is 1. The summed E-state index contributed by atoms with van der Waals surface area (Å²) in [4.78, 5) is 34.9. The molecule has 0 bridgehead atoms. The molecule has 1 saturated heterocycles. The second-order valence-electron chi connectivity index (χ2n) is 5.06. The summed E-state index contributed by atoms with van der Waals surface area (Å²) in [5, 5.41) is 22.2. The molecule has 112 valence electrons. The fraction of sp³-hybridized carbons (Fsp3) is 0.462. The quantitative estimate of drug-likeness (QED) is 0.628. The van der Waals surface area contributed by atoms with Crippen LogP contribution in [0.15, 0.2) is 6.07 Å². The molecule has 8 nitrogen and oxygen atoms in total. The molecule has 0 spiro atoms. The topological polar surface area (TPSA) is 107 Å². The lowest BCUT2D eigenvalue weighted by atomic mass is 10.00. The van der Waals surface area contributed by atoms with Gasteiger partial charge in [0.2, 0.25) is 0 Å². The number of benzene rings is 1. The van der Waals surface area contributed by atoms with Crippen LogP contribution in [0.2, 0.25) is 0 Å². The highest BCUT2D eigenvalue weighted by Crippen LogP contribution is 2.34. The Morgan fingerprint density at radius 1 is 1.10 bits per heavy atom. The maximum absolute atomic E-state index is 12.4. The molecule has 1 fully saturated rings. The van der Waals surface area contributed by atoms with Crippen molar-refractivity contribution in [1.82, 2.24) is 4.90 Å². The third-order valence-corrected chi connectivity index (χ3v) is 3.78. The largest absolute Gasteiger partial charge is 0.339 e. The smallest absolute Gasteiger partial charge is 0.282 e. The molecule has 1 aromatic carbocycles. The van der Waals surface area contributed by atoms with E-state index in [9.17, 15) is 25.0 Å². The third-order valence-electron chi connectivity index (χ3n) is 3.78. The number of nitro groups is 2. The van der Waals surface area contributed by atoms with Crippen LogP contribution in [0.1, 0.15) is 34.3 Å². The zero-order valence-corrected chi connectivity index (χ0v) is 11.8. The first-order valence-electron chi connectivity index (χ1n) is 6.57. The number of hydrogen-bond donors (Lipinski definition) is 0. The average Bonchev–Trinajstić information content (AvgIpc) is 2.91. The van der Waals surface area contributed by atoms with Crippen molar-refractivity contribution in [2.24, 2.45) is 0 Å². The molecule has 0 saturated carbocycles. The first kappa shape index (κ1) is 14.9. The van der Waals surface area contributed by atoms with Crippen molar-refractivity contribution in [3.8, 4) is 0 Å². The van der Waals surface area contributed by atoms with E-state index in [1.165, 1.54) is 13.8 Å². The first-order chi connectivity index (χ1) is 9.84. The van der Waals surface area contributed by atoms with E-state index in [-0.39, 0.29) is 28.3 Å². The number of nitrogens with zero attached hydrogens (tertiary/aromatic N) is 3. The van der Waals surface area contributed by atoms with Crippen LogP contribution in [0, 0.1) is 34.1 Å². The van der Waals surface area contributed by atoms with Gasteiger partial charge in [-0.05, 0) is 26.7 Å². The van der Waals surface area contributed by atoms with Gasteiger partial charge in [-0.2, -0.15) is 0 Å². The standard InChI is InChI=1S/C13H15N3O5/c1-8-10(13(17)14-5-3-4-6-14)7-11(15(18)19)9(2)12(8)16(20)21/h7H,3-6H2,1-2H3. The van der Waals surface area contributed by atoms with Crippen molar-refractivity contribution in [2.75, 3.05) is 13.1 Å². The van der Waals surface area contributed by atoms with E-state index in [4.69, 9.17) is 0 Å². The Kier molecular flexibility index (Phi) is 3.88. The van der Waals surface area contributed by atoms with Crippen LogP contribution in [0.5, 0.6) is 0 Å². The van der Waals surface area contributed by atoms with Crippen LogP contribution in [0.3, 0.4) is 0 Å². The van der Waals surface area contributed by atoms with Gasteiger partial charge in [0.1, 0.15) is 5.56 Å². The predicted octanol–water partition coefficient (Wildman–Crippen LogP) is 2.36. The Bertz CT molecular complexity index is 635. The van der Waals surface area contributed by atoms with Crippen molar-refractivity contribution >= 4 is 17.3 Å². The Morgan fingerprint density at radius 2 is 1.67 bits per heavy atom. The molecule has 0 aliphatic carbocycles. The van der Waals surface area contributed by atoms with E-state index >= 15 is 0 Å². The molecule has 1 aromatic rings. The Morgan fingerprint density at radius 3 is 2.14 bits per heavy atom. The van der Waals surface area contributed by atoms with E-state index in [0.29, 0.717) is 13.1 Å². The number of hydrogen-bond acceptors (Lipinski definition) is 5. The molecule has 0 N–H and O–H groups in total. The van der Waals surface area contributed by atoms with E-state index in [1.807, 2.05) is 0 Å². The lowest BCUT2D eigenvalue weighted by Crippen LogP contribution is -2.28. The van der Waals surface area contributed by atoms with Crippen LogP contribution in [0.4, 0.5) is 11.4 Å². The first-order valence-corrected chi connectivity index (χ1v) is 6.57. The highest BCUT2D eigenvalue weighted by Gasteiger charge is 2.31. The summed E-state index contributed by atoms with van der Waals surface area (Å²) in [7, 11) is 0. The normalized spacial score (nSPS) is 14.3. The van der Waals surface area contributed by atoms with E-state index in [0.717, 1.165) is 18.9 Å². The second-order valence-corrected chi connectivity index (χ2v) is 5.06. The molecule has 1 amide bonds. The van der Waals surface area contributed by atoms with Crippen molar-refractivity contribution in [1.29, 1.82) is 0 Å². The minimum Gasteiger partial charge on any atom is -0.339 e. The van der Waals surface area contributed by atoms with E-state index in [2.05, 4.69) is 0 Å². The molecular formula is C13H15N3O5. The average molecular weight is 293 g/mol. The second kappa shape index (κ2) is 5.47. The van der Waals surface area contributed by atoms with Gasteiger partial charge >= 0.3 is 0 Å². The van der Waals surface area contributed by atoms with Gasteiger partial charge in [0, 0.05) is 24.7 Å². The number of likely N-dealkylation sites (tertiary alicyclic amines) is 1. The van der Waals surface area contributed by atoms with Gasteiger partial charge in [-0.15, -0.1) is 0 Å². The van der Waals surface area contributed by atoms with Crippen LogP contribution in [-0.2, 0) is 0 Å². The minimum absolute atomic E-state index is 0.0273. The van der Waals surface area contributed by atoms with Gasteiger partial charge in [0.05, 0.1) is 15.4 Å². The maximum atomic E-state index is 12.4. The van der Waals surface area contributed by atoms with Crippen molar-refractivity contribution in [2.45, 2.75) is 26.7 Å². The van der Waals surface area contributed by atoms with Gasteiger partial charge in [-0.25, -0.2) is 0 Å². The van der Waals surface area contributed by atoms with Gasteiger partial charge in [-0.3, -0.25) is 25.0 Å². The highest BCUT2D eigenvalue weighted by molar-refractivity contribution is 5.98. The summed E-state index contributed by atoms with van der Waals surface area (Å²) in [5.74, 6) is -0.379. The van der Waals surface area contributed by atoms with Crippen molar-refractivity contribution in [3.05, 3.63) is 43.0 Å². The molecule has 1 aliphatic rings. The van der Waals surface area contributed by atoms with Gasteiger partial charge < -0.3 is 4.90 Å². The van der Waals surface area contributed by atoms with E-state index in [1.54, 1.807) is 4.90 Å². The fourth-order valence-electron chi connectivity index (χ4n) is 2.66. The Hall–Kier alpha value is -2.51. The summed E-state index contributed by atoms with van der Waals surface area (Å²) in [6, 6.07) is 1.15. The van der Waals surface area contributed by atoms with Crippen LogP contribution in [-0.4, -0.2) is 33.7 Å². The summed E-state index contributed by atoms with van der Waals surface area (Å²) < 4.78 is 0. The summed E-state index contributed by atoms with van der Waals surface area (Å²) in [5.41, 5.74) is -0.553. The molecule has 2 rings (SSSR count). The number of nitro benzene ring substituents is 2. The summed E-state index contributed by atoms with van der Waals surface area (Å²) in [6.07, 6.45) is 1.75. The molecule has 0 atom stereocenters. The minimum atomic E-state index is -0.692. The molecule has 1 heterocycles.